The van der Waals surface area contributed by atoms with Gasteiger partial charge in [0.2, 0.25) is 5.91 Å². The third-order valence-electron chi connectivity index (χ3n) is 3.95. The molecule has 0 radical (unpaired) electrons. The quantitative estimate of drug-likeness (QED) is 0.566. The number of hydrogen-bond acceptors (Lipinski definition) is 5. The van der Waals surface area contributed by atoms with Gasteiger partial charge in [0.05, 0.1) is 16.5 Å². The van der Waals surface area contributed by atoms with Crippen LogP contribution in [-0.4, -0.2) is 54.4 Å². The van der Waals surface area contributed by atoms with Crippen molar-refractivity contribution in [2.24, 2.45) is 0 Å². The minimum absolute atomic E-state index is 0. The molecule has 1 fully saturated rings. The lowest BCUT2D eigenvalue weighted by Gasteiger charge is -2.24. The van der Waals surface area contributed by atoms with Crippen molar-refractivity contribution in [2.45, 2.75) is 18.9 Å². The van der Waals surface area contributed by atoms with Crippen LogP contribution in [0.4, 0.5) is 5.69 Å². The van der Waals surface area contributed by atoms with E-state index in [4.69, 9.17) is 11.6 Å². The van der Waals surface area contributed by atoms with Crippen molar-refractivity contribution in [1.29, 1.82) is 0 Å². The summed E-state index contributed by atoms with van der Waals surface area (Å²) in [5.41, 5.74) is -0.619. The summed E-state index contributed by atoms with van der Waals surface area (Å²) in [5.74, 6) is -0.944. The molecule has 1 unspecified atom stereocenters. The Bertz CT molecular complexity index is 656. The molecular weight excluding hydrogens is 371 g/mol. The molecule has 2 N–H and O–H groups in total. The van der Waals surface area contributed by atoms with Gasteiger partial charge in [0.1, 0.15) is 5.56 Å². The van der Waals surface area contributed by atoms with Gasteiger partial charge in [-0.1, -0.05) is 17.7 Å². The van der Waals surface area contributed by atoms with Crippen LogP contribution in [0, 0.1) is 10.1 Å². The number of nitro groups is 1. The molecule has 0 bridgehead atoms. The molecule has 8 nitrogen and oxygen atoms in total. The van der Waals surface area contributed by atoms with Crippen molar-refractivity contribution in [1.82, 2.24) is 15.5 Å². The number of amides is 2. The fourth-order valence-electron chi connectivity index (χ4n) is 2.85. The highest BCUT2D eigenvalue weighted by Gasteiger charge is 2.29. The van der Waals surface area contributed by atoms with E-state index < -0.39 is 10.8 Å². The van der Waals surface area contributed by atoms with E-state index in [1.54, 1.807) is 4.90 Å². The second-order valence-electron chi connectivity index (χ2n) is 5.51. The van der Waals surface area contributed by atoms with Gasteiger partial charge in [-0.25, -0.2) is 0 Å². The summed E-state index contributed by atoms with van der Waals surface area (Å²) in [7, 11) is 1.82. The van der Waals surface area contributed by atoms with Crippen molar-refractivity contribution in [2.75, 3.05) is 26.7 Å². The van der Waals surface area contributed by atoms with Gasteiger partial charge in [0.15, 0.2) is 0 Å². The zero-order valence-electron chi connectivity index (χ0n) is 13.7. The summed E-state index contributed by atoms with van der Waals surface area (Å²) in [6, 6.07) is 4.10. The second-order valence-corrected chi connectivity index (χ2v) is 5.92. The van der Waals surface area contributed by atoms with E-state index in [0.717, 1.165) is 12.8 Å². The number of likely N-dealkylation sites (N-methyl/N-ethyl adjacent to an activating group) is 1. The van der Waals surface area contributed by atoms with Crippen molar-refractivity contribution in [3.8, 4) is 0 Å². The lowest BCUT2D eigenvalue weighted by atomic mass is 10.1. The van der Waals surface area contributed by atoms with E-state index in [-0.39, 0.29) is 47.2 Å². The van der Waals surface area contributed by atoms with Gasteiger partial charge >= 0.3 is 0 Å². The minimum atomic E-state index is -0.731. The summed E-state index contributed by atoms with van der Waals surface area (Å²) < 4.78 is 0. The number of rotatable bonds is 6. The maximum Gasteiger partial charge on any atom is 0.283 e. The Morgan fingerprint density at radius 1 is 1.44 bits per heavy atom. The van der Waals surface area contributed by atoms with Crippen molar-refractivity contribution in [3.63, 3.8) is 0 Å². The highest BCUT2D eigenvalue weighted by molar-refractivity contribution is 6.34. The normalized spacial score (nSPS) is 16.2. The Hall–Kier alpha value is -1.90. The van der Waals surface area contributed by atoms with Crippen LogP contribution in [0.15, 0.2) is 18.2 Å². The van der Waals surface area contributed by atoms with E-state index in [1.165, 1.54) is 18.2 Å². The summed E-state index contributed by atoms with van der Waals surface area (Å²) in [6.07, 6.45) is 1.83. The molecule has 1 heterocycles. The number of hydrogen-bond donors (Lipinski definition) is 2. The lowest BCUT2D eigenvalue weighted by molar-refractivity contribution is -0.385. The zero-order chi connectivity index (χ0) is 17.7. The van der Waals surface area contributed by atoms with Crippen molar-refractivity contribution >= 4 is 41.5 Å². The number of nitrogens with zero attached hydrogens (tertiary/aromatic N) is 2. The standard InChI is InChI=1S/C15H19ClN4O4.ClH/c1-17-8-10-4-3-7-19(10)13(21)9-18-15(22)14-11(16)5-2-6-12(14)20(23)24;/h2,5-6,10,17H,3-4,7-9H2,1H3,(H,18,22);1H. The molecule has 0 spiro atoms. The first-order valence-corrected chi connectivity index (χ1v) is 7.98. The number of carbonyl (C=O) groups excluding carboxylic acids is 2. The third-order valence-corrected chi connectivity index (χ3v) is 4.27. The number of likely N-dealkylation sites (tertiary alicyclic amines) is 1. The number of nitro benzene ring substituents is 1. The highest BCUT2D eigenvalue weighted by atomic mass is 35.5. The summed E-state index contributed by atoms with van der Waals surface area (Å²) >= 11 is 5.91. The molecule has 0 saturated carbocycles. The minimum Gasteiger partial charge on any atom is -0.343 e. The van der Waals surface area contributed by atoms with Crippen molar-refractivity contribution < 1.29 is 14.5 Å². The fourth-order valence-corrected chi connectivity index (χ4v) is 3.10. The largest absolute Gasteiger partial charge is 0.343 e. The molecule has 1 aliphatic heterocycles. The SMILES string of the molecule is CNCC1CCCN1C(=O)CNC(=O)c1c(Cl)cccc1[N+](=O)[O-].Cl. The molecule has 2 amide bonds. The topological polar surface area (TPSA) is 105 Å². The third kappa shape index (κ3) is 5.04. The van der Waals surface area contributed by atoms with Gasteiger partial charge in [0.25, 0.3) is 11.6 Å². The first-order chi connectivity index (χ1) is 11.5. The number of carbonyl (C=O) groups is 2. The average molecular weight is 391 g/mol. The molecule has 1 aromatic rings. The molecular formula is C15H20Cl2N4O4. The summed E-state index contributed by atoms with van der Waals surface area (Å²) in [4.78, 5) is 36.6. The predicted molar refractivity (Wildman–Crippen MR) is 96.3 cm³/mol. The van der Waals surface area contributed by atoms with E-state index >= 15 is 0 Å². The van der Waals surface area contributed by atoms with Crippen LogP contribution >= 0.6 is 24.0 Å². The molecule has 2 rings (SSSR count). The van der Waals surface area contributed by atoms with E-state index in [0.29, 0.717) is 13.1 Å². The maximum absolute atomic E-state index is 12.3. The molecule has 0 aromatic heterocycles. The van der Waals surface area contributed by atoms with Gasteiger partial charge in [-0.15, -0.1) is 12.4 Å². The monoisotopic (exact) mass is 390 g/mol. The van der Waals surface area contributed by atoms with Gasteiger partial charge in [-0.05, 0) is 26.0 Å². The van der Waals surface area contributed by atoms with Gasteiger partial charge in [0, 0.05) is 25.2 Å². The lowest BCUT2D eigenvalue weighted by Crippen LogP contribution is -2.45. The smallest absolute Gasteiger partial charge is 0.283 e. The first kappa shape index (κ1) is 21.1. The highest BCUT2D eigenvalue weighted by Crippen LogP contribution is 2.26. The van der Waals surface area contributed by atoms with Crippen LogP contribution in [0.5, 0.6) is 0 Å². The number of halogens is 2. The van der Waals surface area contributed by atoms with Crippen LogP contribution < -0.4 is 10.6 Å². The fraction of sp³-hybridized carbons (Fsp3) is 0.467. The molecule has 1 aliphatic rings. The molecule has 25 heavy (non-hydrogen) atoms. The first-order valence-electron chi connectivity index (χ1n) is 7.61. The van der Waals surface area contributed by atoms with Gasteiger partial charge in [-0.3, -0.25) is 19.7 Å². The van der Waals surface area contributed by atoms with Crippen LogP contribution in [-0.2, 0) is 4.79 Å². The van der Waals surface area contributed by atoms with Crippen LogP contribution in [0.1, 0.15) is 23.2 Å². The van der Waals surface area contributed by atoms with Crippen LogP contribution in [0.25, 0.3) is 0 Å². The Labute approximate surface area is 156 Å². The van der Waals surface area contributed by atoms with E-state index in [2.05, 4.69) is 10.6 Å². The Morgan fingerprint density at radius 3 is 2.80 bits per heavy atom. The number of benzene rings is 1. The Morgan fingerprint density at radius 2 is 2.16 bits per heavy atom. The maximum atomic E-state index is 12.3. The summed E-state index contributed by atoms with van der Waals surface area (Å²) in [6.45, 7) is 1.12. The van der Waals surface area contributed by atoms with Gasteiger partial charge in [-0.2, -0.15) is 0 Å². The average Bonchev–Trinajstić information content (AvgIpc) is 3.00. The molecule has 138 valence electrons. The van der Waals surface area contributed by atoms with E-state index in [1.807, 2.05) is 7.05 Å². The predicted octanol–water partition coefficient (Wildman–Crippen LogP) is 1.61. The molecule has 10 heteroatoms. The Balaban J connectivity index is 0.00000312. The number of nitrogens with one attached hydrogen (secondary N) is 2. The van der Waals surface area contributed by atoms with Gasteiger partial charge < -0.3 is 15.5 Å². The Kier molecular flexibility index (Phi) is 8.08. The van der Waals surface area contributed by atoms with Crippen LogP contribution in [0.3, 0.4) is 0 Å². The zero-order valence-corrected chi connectivity index (χ0v) is 15.2. The van der Waals surface area contributed by atoms with E-state index in [9.17, 15) is 19.7 Å². The van der Waals surface area contributed by atoms with Crippen molar-refractivity contribution in [3.05, 3.63) is 38.9 Å². The molecule has 1 saturated heterocycles. The molecule has 1 atom stereocenters. The van der Waals surface area contributed by atoms with Crippen LogP contribution in [0.2, 0.25) is 5.02 Å². The summed E-state index contributed by atoms with van der Waals surface area (Å²) in [5, 5.41) is 16.5. The molecule has 0 aliphatic carbocycles. The second kappa shape index (κ2) is 9.55. The molecule has 1 aromatic carbocycles.